The van der Waals surface area contributed by atoms with Gasteiger partial charge in [0.2, 0.25) is 0 Å². The van der Waals surface area contributed by atoms with Crippen molar-refractivity contribution in [2.45, 2.75) is 0 Å². The molecule has 110 valence electrons. The summed E-state index contributed by atoms with van der Waals surface area (Å²) in [6.07, 6.45) is 1.72. The Morgan fingerprint density at radius 3 is 2.05 bits per heavy atom. The first-order valence-electron chi connectivity index (χ1n) is 6.47. The van der Waals surface area contributed by atoms with Gasteiger partial charge in [0.05, 0.1) is 0 Å². The van der Waals surface area contributed by atoms with Crippen molar-refractivity contribution in [3.8, 4) is 11.5 Å². The molecule has 0 bridgehead atoms. The molecule has 4 nitrogen and oxygen atoms in total. The molecule has 0 amide bonds. The Bertz CT molecular complexity index is 786. The van der Waals surface area contributed by atoms with Gasteiger partial charge in [-0.05, 0) is 57.4 Å². The average molecular weight is 359 g/mol. The summed E-state index contributed by atoms with van der Waals surface area (Å²) in [6, 6.07) is 13.1. The first kappa shape index (κ1) is 14.4. The Morgan fingerprint density at radius 1 is 0.909 bits per heavy atom. The predicted molar refractivity (Wildman–Crippen MR) is 86.1 cm³/mol. The van der Waals surface area contributed by atoms with Crippen molar-refractivity contribution in [1.29, 1.82) is 0 Å². The lowest BCUT2D eigenvalue weighted by Crippen LogP contribution is -1.93. The van der Waals surface area contributed by atoms with Gasteiger partial charge in [0.25, 0.3) is 0 Å². The Balaban J connectivity index is 2.06. The second-order valence-electron chi connectivity index (χ2n) is 4.73. The van der Waals surface area contributed by atoms with E-state index >= 15 is 0 Å². The molecule has 5 heteroatoms. The molecule has 0 fully saturated rings. The molecule has 0 saturated carbocycles. The van der Waals surface area contributed by atoms with Gasteiger partial charge in [0.1, 0.15) is 21.7 Å². The number of hydrogen-bond donors (Lipinski definition) is 2. The monoisotopic (exact) mass is 358 g/mol. The molecule has 0 saturated heterocycles. The highest BCUT2D eigenvalue weighted by Crippen LogP contribution is 2.38. The highest BCUT2D eigenvalue weighted by Gasteiger charge is 2.29. The average Bonchev–Trinajstić information content (AvgIpc) is 2.77. The number of halogens is 1. The van der Waals surface area contributed by atoms with Crippen LogP contribution in [0.5, 0.6) is 11.5 Å². The molecule has 0 aromatic heterocycles. The van der Waals surface area contributed by atoms with E-state index in [9.17, 15) is 15.0 Å². The highest BCUT2D eigenvalue weighted by atomic mass is 79.9. The van der Waals surface area contributed by atoms with Crippen LogP contribution in [0.2, 0.25) is 0 Å². The van der Waals surface area contributed by atoms with Crippen molar-refractivity contribution in [3.05, 3.63) is 69.9 Å². The fraction of sp³-hybridized carbons (Fsp3) is 0. The van der Waals surface area contributed by atoms with Gasteiger partial charge in [-0.2, -0.15) is 0 Å². The summed E-state index contributed by atoms with van der Waals surface area (Å²) < 4.78 is 5.62. The fourth-order valence-corrected chi connectivity index (χ4v) is 2.63. The fourth-order valence-electron chi connectivity index (χ4n) is 2.13. The van der Waals surface area contributed by atoms with Gasteiger partial charge in [-0.15, -0.1) is 0 Å². The molecule has 0 spiro atoms. The lowest BCUT2D eigenvalue weighted by atomic mass is 10.0. The van der Waals surface area contributed by atoms with Gasteiger partial charge >= 0.3 is 5.97 Å². The largest absolute Gasteiger partial charge is 0.508 e. The second-order valence-corrected chi connectivity index (χ2v) is 5.52. The van der Waals surface area contributed by atoms with Crippen molar-refractivity contribution in [3.63, 3.8) is 0 Å². The van der Waals surface area contributed by atoms with Crippen LogP contribution in [0.3, 0.4) is 0 Å². The number of cyclic esters (lactones) is 1. The quantitative estimate of drug-likeness (QED) is 0.801. The summed E-state index contributed by atoms with van der Waals surface area (Å²) in [4.78, 5) is 11.8. The summed E-state index contributed by atoms with van der Waals surface area (Å²) in [5.41, 5.74) is 2.16. The minimum absolute atomic E-state index is 0.148. The molecule has 22 heavy (non-hydrogen) atoms. The molecule has 2 N–H and O–H groups in total. The lowest BCUT2D eigenvalue weighted by molar-refractivity contribution is -0.132. The number of carbonyl (C=O) groups is 1. The number of aromatic hydroxyl groups is 2. The summed E-state index contributed by atoms with van der Waals surface area (Å²) in [5, 5.41) is 18.7. The molecule has 0 radical (unpaired) electrons. The molecule has 0 unspecified atom stereocenters. The van der Waals surface area contributed by atoms with E-state index in [0.717, 1.165) is 11.1 Å². The maximum absolute atomic E-state index is 11.8. The Kier molecular flexibility index (Phi) is 3.73. The summed E-state index contributed by atoms with van der Waals surface area (Å²) >= 11 is 3.25. The maximum atomic E-state index is 11.8. The topological polar surface area (TPSA) is 66.8 Å². The number of benzene rings is 2. The summed E-state index contributed by atoms with van der Waals surface area (Å²) in [6.45, 7) is 0. The minimum Gasteiger partial charge on any atom is -0.508 e. The van der Waals surface area contributed by atoms with Gasteiger partial charge in [-0.25, -0.2) is 4.79 Å². The van der Waals surface area contributed by atoms with Gasteiger partial charge in [0.15, 0.2) is 0 Å². The molecule has 1 heterocycles. The SMILES string of the molecule is O=C1O/C(=C\c2ccc(O)cc2)C(c2ccc(O)cc2)=C1Br. The number of phenols is 2. The van der Waals surface area contributed by atoms with Crippen molar-refractivity contribution in [2.24, 2.45) is 0 Å². The van der Waals surface area contributed by atoms with Gasteiger partial charge in [-0.1, -0.05) is 24.3 Å². The normalized spacial score (nSPS) is 16.2. The van der Waals surface area contributed by atoms with E-state index in [0.29, 0.717) is 15.8 Å². The van der Waals surface area contributed by atoms with E-state index in [1.54, 1.807) is 54.6 Å². The molecule has 0 atom stereocenters. The molecular formula is C17H11BrO4. The smallest absolute Gasteiger partial charge is 0.351 e. The molecular weight excluding hydrogens is 348 g/mol. The van der Waals surface area contributed by atoms with Crippen LogP contribution in [-0.2, 0) is 9.53 Å². The highest BCUT2D eigenvalue weighted by molar-refractivity contribution is 9.12. The molecule has 1 aliphatic rings. The van der Waals surface area contributed by atoms with Gasteiger partial charge < -0.3 is 14.9 Å². The zero-order chi connectivity index (χ0) is 15.7. The standard InChI is InChI=1S/C17H11BrO4/c18-16-15(11-3-7-13(20)8-4-11)14(22-17(16)21)9-10-1-5-12(19)6-2-10/h1-9,19-20H/b14-9-. The van der Waals surface area contributed by atoms with Crippen LogP contribution in [-0.4, -0.2) is 16.2 Å². The Labute approximate surface area is 135 Å². The Morgan fingerprint density at radius 2 is 1.45 bits per heavy atom. The minimum atomic E-state index is -0.465. The maximum Gasteiger partial charge on any atom is 0.351 e. The van der Waals surface area contributed by atoms with Crippen molar-refractivity contribution in [2.75, 3.05) is 0 Å². The number of rotatable bonds is 2. The number of hydrogen-bond acceptors (Lipinski definition) is 4. The zero-order valence-corrected chi connectivity index (χ0v) is 12.9. The molecule has 1 aliphatic heterocycles. The van der Waals surface area contributed by atoms with Gasteiger partial charge in [-0.3, -0.25) is 0 Å². The third-order valence-electron chi connectivity index (χ3n) is 3.19. The van der Waals surface area contributed by atoms with Crippen LogP contribution >= 0.6 is 15.9 Å². The van der Waals surface area contributed by atoms with E-state index in [2.05, 4.69) is 15.9 Å². The number of carbonyl (C=O) groups excluding carboxylic acids is 1. The van der Waals surface area contributed by atoms with Gasteiger partial charge in [0, 0.05) is 5.57 Å². The van der Waals surface area contributed by atoms with Crippen LogP contribution in [0.15, 0.2) is 58.8 Å². The van der Waals surface area contributed by atoms with Crippen LogP contribution in [0, 0.1) is 0 Å². The van der Waals surface area contributed by atoms with Crippen LogP contribution in [0.1, 0.15) is 11.1 Å². The third-order valence-corrected chi connectivity index (χ3v) is 3.91. The second kappa shape index (κ2) is 5.69. The van der Waals surface area contributed by atoms with E-state index in [1.165, 1.54) is 0 Å². The third kappa shape index (κ3) is 2.76. The number of allylic oxidation sites excluding steroid dienone is 1. The summed E-state index contributed by atoms with van der Waals surface area (Å²) in [5.74, 6) is 0.261. The lowest BCUT2D eigenvalue weighted by Gasteiger charge is -2.05. The number of ether oxygens (including phenoxy) is 1. The number of phenolic OH excluding ortho intramolecular Hbond substituents is 2. The van der Waals surface area contributed by atoms with Crippen molar-refractivity contribution in [1.82, 2.24) is 0 Å². The first-order chi connectivity index (χ1) is 10.5. The van der Waals surface area contributed by atoms with E-state index in [-0.39, 0.29) is 11.5 Å². The van der Waals surface area contributed by atoms with E-state index < -0.39 is 5.97 Å². The van der Waals surface area contributed by atoms with E-state index in [4.69, 9.17) is 4.74 Å². The molecule has 2 aromatic carbocycles. The molecule has 2 aromatic rings. The van der Waals surface area contributed by atoms with Crippen LogP contribution < -0.4 is 0 Å². The number of esters is 1. The first-order valence-corrected chi connectivity index (χ1v) is 7.26. The van der Waals surface area contributed by atoms with Crippen molar-refractivity contribution >= 4 is 33.5 Å². The van der Waals surface area contributed by atoms with Crippen molar-refractivity contribution < 1.29 is 19.7 Å². The predicted octanol–water partition coefficient (Wildman–Crippen LogP) is 3.80. The summed E-state index contributed by atoms with van der Waals surface area (Å²) in [7, 11) is 0. The molecule has 0 aliphatic carbocycles. The zero-order valence-electron chi connectivity index (χ0n) is 11.3. The van der Waals surface area contributed by atoms with E-state index in [1.807, 2.05) is 0 Å². The van der Waals surface area contributed by atoms with Crippen LogP contribution in [0.25, 0.3) is 11.6 Å². The van der Waals surface area contributed by atoms with Crippen LogP contribution in [0.4, 0.5) is 0 Å². The molecule has 3 rings (SSSR count). The Hall–Kier alpha value is -2.53.